The van der Waals surface area contributed by atoms with Crippen LogP contribution in [0.4, 0.5) is 10.5 Å². The lowest BCUT2D eigenvalue weighted by Gasteiger charge is -2.30. The number of imide groups is 1. The van der Waals surface area contributed by atoms with Gasteiger partial charge in [-0.3, -0.25) is 15.0 Å². The number of carbonyl (C=O) groups excluding carboxylic acids is 3. The zero-order valence-electron chi connectivity index (χ0n) is 18.0. The van der Waals surface area contributed by atoms with Crippen molar-refractivity contribution in [2.24, 2.45) is 0 Å². The second kappa shape index (κ2) is 8.83. The van der Waals surface area contributed by atoms with Gasteiger partial charge in [0.15, 0.2) is 0 Å². The highest BCUT2D eigenvalue weighted by molar-refractivity contribution is 7.89. The zero-order chi connectivity index (χ0) is 22.8. The SMILES string of the molecule is CC(C)N(C)S(=O)(=O)c1ccc(NCC(=O)NN2C(=O)NC3(CCCCC3)C2=O)cc1. The summed E-state index contributed by atoms with van der Waals surface area (Å²) < 4.78 is 26.3. The van der Waals surface area contributed by atoms with Gasteiger partial charge in [0.1, 0.15) is 5.54 Å². The molecule has 3 rings (SSSR count). The zero-order valence-corrected chi connectivity index (χ0v) is 18.8. The molecule has 1 heterocycles. The lowest BCUT2D eigenvalue weighted by molar-refractivity contribution is -0.139. The normalized spacial score (nSPS) is 18.5. The highest BCUT2D eigenvalue weighted by Crippen LogP contribution is 2.33. The summed E-state index contributed by atoms with van der Waals surface area (Å²) in [5.74, 6) is -0.984. The fraction of sp³-hybridized carbons (Fsp3) is 0.550. The standard InChI is InChI=1S/C20H29N5O5S/c1-14(2)24(3)31(29,30)16-9-7-15(8-10-16)21-13-17(26)23-25-18(27)20(22-19(25)28)11-5-4-6-12-20/h7-10,14,21H,4-6,11-13H2,1-3H3,(H,22,28)(H,23,26). The van der Waals surface area contributed by atoms with Crippen molar-refractivity contribution in [2.75, 3.05) is 18.9 Å². The maximum absolute atomic E-state index is 12.7. The molecule has 11 heteroatoms. The van der Waals surface area contributed by atoms with Crippen LogP contribution in [0.2, 0.25) is 0 Å². The van der Waals surface area contributed by atoms with Crippen LogP contribution in [0.25, 0.3) is 0 Å². The van der Waals surface area contributed by atoms with Gasteiger partial charge in [0.2, 0.25) is 10.0 Å². The van der Waals surface area contributed by atoms with E-state index in [1.165, 1.54) is 23.5 Å². The summed E-state index contributed by atoms with van der Waals surface area (Å²) in [5.41, 5.74) is 1.98. The Kier molecular flexibility index (Phi) is 6.56. The summed E-state index contributed by atoms with van der Waals surface area (Å²) in [6.07, 6.45) is 3.88. The van der Waals surface area contributed by atoms with Gasteiger partial charge in [0.25, 0.3) is 11.8 Å². The van der Waals surface area contributed by atoms with Crippen molar-refractivity contribution in [3.63, 3.8) is 0 Å². The van der Waals surface area contributed by atoms with Crippen LogP contribution in [0.1, 0.15) is 46.0 Å². The molecule has 2 fully saturated rings. The molecule has 4 amide bonds. The van der Waals surface area contributed by atoms with E-state index in [2.05, 4.69) is 16.1 Å². The molecule has 1 saturated carbocycles. The number of hydrogen-bond acceptors (Lipinski definition) is 6. The van der Waals surface area contributed by atoms with Gasteiger partial charge < -0.3 is 10.6 Å². The predicted octanol–water partition coefficient (Wildman–Crippen LogP) is 1.41. The fourth-order valence-electron chi connectivity index (χ4n) is 3.75. The van der Waals surface area contributed by atoms with E-state index >= 15 is 0 Å². The van der Waals surface area contributed by atoms with Crippen LogP contribution in [0.3, 0.4) is 0 Å². The minimum atomic E-state index is -3.59. The van der Waals surface area contributed by atoms with Crippen molar-refractivity contribution in [3.8, 4) is 0 Å². The van der Waals surface area contributed by atoms with Gasteiger partial charge in [0, 0.05) is 18.8 Å². The topological polar surface area (TPSA) is 128 Å². The van der Waals surface area contributed by atoms with E-state index in [0.717, 1.165) is 24.3 Å². The molecule has 1 aromatic carbocycles. The van der Waals surface area contributed by atoms with E-state index in [9.17, 15) is 22.8 Å². The molecule has 1 saturated heterocycles. The van der Waals surface area contributed by atoms with Gasteiger partial charge in [-0.15, -0.1) is 0 Å². The van der Waals surface area contributed by atoms with Gasteiger partial charge in [-0.2, -0.15) is 9.31 Å². The predicted molar refractivity (Wildman–Crippen MR) is 114 cm³/mol. The Labute approximate surface area is 182 Å². The maximum Gasteiger partial charge on any atom is 0.344 e. The van der Waals surface area contributed by atoms with Crippen molar-refractivity contribution in [3.05, 3.63) is 24.3 Å². The highest BCUT2D eigenvalue weighted by Gasteiger charge is 2.52. The molecule has 0 atom stereocenters. The Morgan fingerprint density at radius 3 is 2.35 bits per heavy atom. The largest absolute Gasteiger partial charge is 0.376 e. The van der Waals surface area contributed by atoms with Crippen molar-refractivity contribution in [2.45, 2.75) is 62.4 Å². The smallest absolute Gasteiger partial charge is 0.344 e. The first-order chi connectivity index (χ1) is 14.6. The van der Waals surface area contributed by atoms with Crippen molar-refractivity contribution in [1.82, 2.24) is 20.1 Å². The Morgan fingerprint density at radius 1 is 1.16 bits per heavy atom. The van der Waals surface area contributed by atoms with Crippen LogP contribution in [-0.4, -0.2) is 60.8 Å². The average Bonchev–Trinajstić information content (AvgIpc) is 2.96. The van der Waals surface area contributed by atoms with Gasteiger partial charge in [-0.25, -0.2) is 13.2 Å². The van der Waals surface area contributed by atoms with E-state index in [1.807, 2.05) is 0 Å². The van der Waals surface area contributed by atoms with Gasteiger partial charge in [-0.05, 0) is 51.0 Å². The second-order valence-electron chi connectivity index (χ2n) is 8.24. The van der Waals surface area contributed by atoms with E-state index in [0.29, 0.717) is 18.5 Å². The lowest BCUT2D eigenvalue weighted by atomic mass is 9.82. The molecule has 0 unspecified atom stereocenters. The molecule has 0 bridgehead atoms. The molecule has 31 heavy (non-hydrogen) atoms. The van der Waals surface area contributed by atoms with Gasteiger partial charge >= 0.3 is 6.03 Å². The van der Waals surface area contributed by atoms with Crippen LogP contribution in [0.5, 0.6) is 0 Å². The molecule has 1 aliphatic heterocycles. The summed E-state index contributed by atoms with van der Waals surface area (Å²) >= 11 is 0. The van der Waals surface area contributed by atoms with Crippen molar-refractivity contribution >= 4 is 33.6 Å². The van der Waals surface area contributed by atoms with Crippen LogP contribution >= 0.6 is 0 Å². The van der Waals surface area contributed by atoms with E-state index in [4.69, 9.17) is 0 Å². The molecule has 170 valence electrons. The van der Waals surface area contributed by atoms with Crippen LogP contribution < -0.4 is 16.1 Å². The first kappa shape index (κ1) is 23.0. The molecule has 0 radical (unpaired) electrons. The molecule has 1 spiro atoms. The number of sulfonamides is 1. The Balaban J connectivity index is 1.56. The quantitative estimate of drug-likeness (QED) is 0.538. The van der Waals surface area contributed by atoms with Crippen LogP contribution in [0, 0.1) is 0 Å². The molecule has 2 aliphatic rings. The third-order valence-corrected chi connectivity index (χ3v) is 7.86. The number of urea groups is 1. The molecule has 1 aliphatic carbocycles. The van der Waals surface area contributed by atoms with Crippen LogP contribution in [0.15, 0.2) is 29.2 Å². The number of amides is 4. The Morgan fingerprint density at radius 2 is 1.77 bits per heavy atom. The number of benzene rings is 1. The third kappa shape index (κ3) is 4.67. The van der Waals surface area contributed by atoms with Crippen molar-refractivity contribution in [1.29, 1.82) is 0 Å². The minimum Gasteiger partial charge on any atom is -0.376 e. The number of anilines is 1. The van der Waals surface area contributed by atoms with Gasteiger partial charge in [-0.1, -0.05) is 19.3 Å². The monoisotopic (exact) mass is 451 g/mol. The number of hydrazine groups is 1. The van der Waals surface area contributed by atoms with E-state index < -0.39 is 33.4 Å². The number of nitrogens with one attached hydrogen (secondary N) is 3. The molecule has 3 N–H and O–H groups in total. The van der Waals surface area contributed by atoms with E-state index in [1.54, 1.807) is 26.0 Å². The van der Waals surface area contributed by atoms with Crippen molar-refractivity contribution < 1.29 is 22.8 Å². The number of rotatable bonds is 7. The second-order valence-corrected chi connectivity index (χ2v) is 10.2. The summed E-state index contributed by atoms with van der Waals surface area (Å²) in [4.78, 5) is 37.3. The summed E-state index contributed by atoms with van der Waals surface area (Å²) in [6, 6.07) is 5.23. The highest BCUT2D eigenvalue weighted by atomic mass is 32.2. The lowest BCUT2D eigenvalue weighted by Crippen LogP contribution is -2.51. The maximum atomic E-state index is 12.7. The molecule has 1 aromatic rings. The molecule has 0 aromatic heterocycles. The number of hydrogen-bond donors (Lipinski definition) is 3. The number of carbonyl (C=O) groups is 3. The molecular weight excluding hydrogens is 422 g/mol. The molecule has 10 nitrogen and oxygen atoms in total. The summed E-state index contributed by atoms with van der Waals surface area (Å²) in [5, 5.41) is 6.34. The summed E-state index contributed by atoms with van der Waals surface area (Å²) in [7, 11) is -2.07. The minimum absolute atomic E-state index is 0.149. The number of nitrogens with zero attached hydrogens (tertiary/aromatic N) is 2. The van der Waals surface area contributed by atoms with Crippen LogP contribution in [-0.2, 0) is 19.6 Å². The Bertz CT molecular complexity index is 955. The first-order valence-corrected chi connectivity index (χ1v) is 11.8. The average molecular weight is 452 g/mol. The first-order valence-electron chi connectivity index (χ1n) is 10.3. The van der Waals surface area contributed by atoms with E-state index in [-0.39, 0.29) is 17.5 Å². The molecular formula is C20H29N5O5S. The fourth-order valence-corrected chi connectivity index (χ4v) is 5.12. The van der Waals surface area contributed by atoms with Gasteiger partial charge in [0.05, 0.1) is 11.4 Å². The Hall–Kier alpha value is -2.66. The third-order valence-electron chi connectivity index (χ3n) is 5.82. The summed E-state index contributed by atoms with van der Waals surface area (Å²) in [6.45, 7) is 3.38.